The van der Waals surface area contributed by atoms with Gasteiger partial charge in [0.2, 0.25) is 0 Å². The number of carboxylic acids is 2. The molecule has 2 atom stereocenters. The number of amides is 2. The first-order valence-electron chi connectivity index (χ1n) is 12.4. The monoisotopic (exact) mass is 674 g/mol. The number of nitrogens with one attached hydrogen (secondary N) is 1. The number of rotatable bonds is 10. The molecule has 5 N–H and O–H groups in total. The molecule has 0 bridgehead atoms. The SMILES string of the molecule is CO/N=C(\C(=O)N[C@@H]1C(=O)N2C(C(=O)O)=C(Sc3nc(C[n+]4ccn5ncccc54)c(C(=O)O)s3)CSC12)c1csc(N)n1. The third kappa shape index (κ3) is 5.36. The minimum Gasteiger partial charge on any atom is -0.477 e. The minimum absolute atomic E-state index is 0.0141. The molecule has 0 aliphatic carbocycles. The predicted octanol–water partition coefficient (Wildman–Crippen LogP) is 0.702. The Kier molecular flexibility index (Phi) is 7.97. The van der Waals surface area contributed by atoms with Gasteiger partial charge >= 0.3 is 17.6 Å². The van der Waals surface area contributed by atoms with E-state index in [0.29, 0.717) is 14.9 Å². The van der Waals surface area contributed by atoms with Gasteiger partial charge in [0.15, 0.2) is 21.4 Å². The number of nitrogens with zero attached hydrogens (tertiary/aromatic N) is 7. The van der Waals surface area contributed by atoms with Crippen LogP contribution >= 0.6 is 46.2 Å². The molecule has 0 radical (unpaired) electrons. The van der Waals surface area contributed by atoms with E-state index in [2.05, 4.69) is 25.5 Å². The van der Waals surface area contributed by atoms with Gasteiger partial charge in [-0.15, -0.1) is 27.6 Å². The van der Waals surface area contributed by atoms with Crippen LogP contribution in [0.15, 0.2) is 56.2 Å². The fourth-order valence-electron chi connectivity index (χ4n) is 4.56. The molecule has 20 heteroatoms. The number of aromatic carboxylic acids is 1. The molecule has 4 aromatic heterocycles. The number of β-lactam (4-membered cyclic amide) rings is 1. The molecule has 6 rings (SSSR count). The molecule has 6 heterocycles. The van der Waals surface area contributed by atoms with E-state index in [-0.39, 0.29) is 39.4 Å². The number of imidazole rings is 1. The highest BCUT2D eigenvalue weighted by atomic mass is 32.2. The normalized spacial score (nSPS) is 18.2. The average Bonchev–Trinajstić information content (AvgIpc) is 3.73. The molecule has 1 fully saturated rings. The Labute approximate surface area is 263 Å². The van der Waals surface area contributed by atoms with Crippen molar-refractivity contribution in [3.8, 4) is 0 Å². The molecule has 44 heavy (non-hydrogen) atoms. The predicted molar refractivity (Wildman–Crippen MR) is 159 cm³/mol. The quantitative estimate of drug-likeness (QED) is 0.0789. The standard InChI is InChI=1S/C24H19N9O7S4/c1-40-30-14(11-8-42-23(25)27-11)18(34)29-15-19(35)33-16(21(36)37)12(9-41-20(15)33)43-24-28-10(17(44-24)22(38)39)7-31-5-6-32-13(31)3-2-4-26-32/h2-6,8,15,20H,7,9H2,1H3,(H4-,25,27,29,34,36,37,38,39)/p+1/b30-14-/t15-,20?/m1/s1. The summed E-state index contributed by atoms with van der Waals surface area (Å²) in [6.07, 6.45) is 5.12. The highest BCUT2D eigenvalue weighted by molar-refractivity contribution is 8.07. The van der Waals surface area contributed by atoms with Gasteiger partial charge in [0.25, 0.3) is 11.8 Å². The lowest BCUT2D eigenvalue weighted by Crippen LogP contribution is -2.71. The lowest BCUT2D eigenvalue weighted by Gasteiger charge is -2.49. The van der Waals surface area contributed by atoms with Crippen LogP contribution < -0.4 is 15.6 Å². The molecular weight excluding hydrogens is 655 g/mol. The van der Waals surface area contributed by atoms with Gasteiger partial charge in [0.05, 0.1) is 6.20 Å². The smallest absolute Gasteiger partial charge is 0.353 e. The van der Waals surface area contributed by atoms with E-state index >= 15 is 0 Å². The van der Waals surface area contributed by atoms with Crippen LogP contribution in [0, 0.1) is 0 Å². The summed E-state index contributed by atoms with van der Waals surface area (Å²) in [4.78, 5) is 65.4. The van der Waals surface area contributed by atoms with Crippen molar-refractivity contribution in [3.63, 3.8) is 0 Å². The first-order valence-corrected chi connectivity index (χ1v) is 16.0. The number of carbonyl (C=O) groups is 4. The van der Waals surface area contributed by atoms with Crippen molar-refractivity contribution in [1.82, 2.24) is 29.8 Å². The summed E-state index contributed by atoms with van der Waals surface area (Å²) in [6, 6.07) is 2.56. The Morgan fingerprint density at radius 1 is 1.30 bits per heavy atom. The van der Waals surface area contributed by atoms with Crippen LogP contribution in [-0.4, -0.2) is 88.4 Å². The Morgan fingerprint density at radius 3 is 2.82 bits per heavy atom. The van der Waals surface area contributed by atoms with Crippen molar-refractivity contribution in [2.45, 2.75) is 22.3 Å². The number of thioether (sulfide) groups is 2. The van der Waals surface area contributed by atoms with Crippen LogP contribution in [0.5, 0.6) is 0 Å². The van der Waals surface area contributed by atoms with Crippen molar-refractivity contribution in [2.24, 2.45) is 5.16 Å². The molecule has 2 amide bonds. The van der Waals surface area contributed by atoms with Gasteiger partial charge < -0.3 is 26.1 Å². The van der Waals surface area contributed by atoms with E-state index in [9.17, 15) is 29.4 Å². The number of carboxylic acid groups (broad SMARTS) is 2. The lowest BCUT2D eigenvalue weighted by atomic mass is 10.0. The van der Waals surface area contributed by atoms with E-state index in [0.717, 1.165) is 45.0 Å². The number of anilines is 1. The first kappa shape index (κ1) is 29.5. The lowest BCUT2D eigenvalue weighted by molar-refractivity contribution is -0.662. The summed E-state index contributed by atoms with van der Waals surface area (Å²) < 4.78 is 3.75. The molecule has 2 aliphatic heterocycles. The molecule has 2 aliphatic rings. The van der Waals surface area contributed by atoms with Gasteiger partial charge in [-0.2, -0.15) is 0 Å². The van der Waals surface area contributed by atoms with E-state index in [1.807, 2.05) is 6.07 Å². The number of carbonyl (C=O) groups excluding carboxylic acids is 2. The number of nitrogen functional groups attached to an aromatic ring is 1. The number of oxime groups is 1. The van der Waals surface area contributed by atoms with Gasteiger partial charge in [-0.25, -0.2) is 24.1 Å². The topological polar surface area (TPSA) is 219 Å². The molecule has 4 aromatic rings. The number of nitrogens with two attached hydrogens (primary N) is 1. The van der Waals surface area contributed by atoms with Crippen LogP contribution in [0.25, 0.3) is 5.65 Å². The second kappa shape index (κ2) is 11.9. The van der Waals surface area contributed by atoms with Gasteiger partial charge in [0.1, 0.15) is 53.2 Å². The first-order chi connectivity index (χ1) is 21.2. The number of aliphatic carboxylic acids is 1. The minimum atomic E-state index is -1.34. The summed E-state index contributed by atoms with van der Waals surface area (Å²) in [5.41, 5.74) is 6.42. The molecule has 226 valence electrons. The van der Waals surface area contributed by atoms with Crippen LogP contribution in [0.2, 0.25) is 0 Å². The molecule has 1 unspecified atom stereocenters. The second-order valence-corrected chi connectivity index (χ2v) is 13.4. The zero-order chi connectivity index (χ0) is 31.1. The van der Waals surface area contributed by atoms with E-state index < -0.39 is 35.2 Å². The summed E-state index contributed by atoms with van der Waals surface area (Å²) in [5.74, 6) is -3.69. The second-order valence-electron chi connectivity index (χ2n) is 9.05. The maximum absolute atomic E-state index is 13.2. The molecular formula is C24H20N9O7S4+. The number of hydrogen-bond acceptors (Lipinski definition) is 14. The number of fused-ring (bicyclic) bond motifs is 2. The molecule has 0 saturated carbocycles. The summed E-state index contributed by atoms with van der Waals surface area (Å²) in [5, 5.41) is 31.5. The van der Waals surface area contributed by atoms with Crippen molar-refractivity contribution >= 4 is 86.4 Å². The van der Waals surface area contributed by atoms with E-state index in [4.69, 9.17) is 10.6 Å². The molecule has 16 nitrogen and oxygen atoms in total. The van der Waals surface area contributed by atoms with Gasteiger partial charge in [-0.3, -0.25) is 14.5 Å². The van der Waals surface area contributed by atoms with Crippen molar-refractivity contribution in [1.29, 1.82) is 0 Å². The van der Waals surface area contributed by atoms with Crippen LogP contribution in [0.1, 0.15) is 21.1 Å². The van der Waals surface area contributed by atoms with Crippen molar-refractivity contribution < 1.29 is 38.8 Å². The fourth-order valence-corrected chi connectivity index (χ4v) is 8.75. The largest absolute Gasteiger partial charge is 0.477 e. The maximum atomic E-state index is 13.2. The van der Waals surface area contributed by atoms with E-state index in [1.165, 1.54) is 24.3 Å². The summed E-state index contributed by atoms with van der Waals surface area (Å²) in [7, 11) is 1.25. The Balaban J connectivity index is 1.22. The third-order valence-electron chi connectivity index (χ3n) is 6.43. The maximum Gasteiger partial charge on any atom is 0.353 e. The fraction of sp³-hybridized carbons (Fsp3) is 0.208. The zero-order valence-electron chi connectivity index (χ0n) is 22.3. The van der Waals surface area contributed by atoms with Gasteiger partial charge in [0, 0.05) is 22.1 Å². The van der Waals surface area contributed by atoms with Gasteiger partial charge in [-0.05, 0) is 6.07 Å². The van der Waals surface area contributed by atoms with Crippen molar-refractivity contribution in [3.05, 3.63) is 63.0 Å². The molecule has 0 aromatic carbocycles. The third-order valence-corrected chi connectivity index (χ3v) is 10.8. The Hall–Kier alpha value is -4.53. The Bertz CT molecular complexity index is 1900. The summed E-state index contributed by atoms with van der Waals surface area (Å²) in [6.45, 7) is 0.149. The Morgan fingerprint density at radius 2 is 2.11 bits per heavy atom. The molecule has 1 saturated heterocycles. The zero-order valence-corrected chi connectivity index (χ0v) is 25.6. The number of hydrogen-bond donors (Lipinski definition) is 4. The number of aromatic nitrogens is 5. The van der Waals surface area contributed by atoms with Crippen LogP contribution in [-0.2, 0) is 25.8 Å². The summed E-state index contributed by atoms with van der Waals surface area (Å²) >= 11 is 4.27. The van der Waals surface area contributed by atoms with Crippen LogP contribution in [0.3, 0.4) is 0 Å². The molecule has 0 spiro atoms. The highest BCUT2D eigenvalue weighted by Gasteiger charge is 2.54. The number of thiazole rings is 2. The van der Waals surface area contributed by atoms with Gasteiger partial charge in [-0.1, -0.05) is 33.4 Å². The van der Waals surface area contributed by atoms with E-state index in [1.54, 1.807) is 33.7 Å². The highest BCUT2D eigenvalue weighted by Crippen LogP contribution is 2.46. The average molecular weight is 675 g/mol. The van der Waals surface area contributed by atoms with Crippen molar-refractivity contribution in [2.75, 3.05) is 18.6 Å². The van der Waals surface area contributed by atoms with Crippen LogP contribution in [0.4, 0.5) is 5.13 Å².